The topological polar surface area (TPSA) is 93.4 Å². The average Bonchev–Trinajstić information content (AvgIpc) is 3.10. The molecule has 2 aromatic rings. The first-order valence-corrected chi connectivity index (χ1v) is 8.08. The Morgan fingerprint density at radius 1 is 1.42 bits per heavy atom. The van der Waals surface area contributed by atoms with Crippen LogP contribution in [0.25, 0.3) is 0 Å². The van der Waals surface area contributed by atoms with Crippen LogP contribution in [0.1, 0.15) is 41.4 Å². The van der Waals surface area contributed by atoms with E-state index in [1.165, 1.54) is 0 Å². The van der Waals surface area contributed by atoms with Gasteiger partial charge in [-0.15, -0.1) is 0 Å². The van der Waals surface area contributed by atoms with Gasteiger partial charge in [-0.1, -0.05) is 12.1 Å². The van der Waals surface area contributed by atoms with Crippen molar-refractivity contribution in [1.82, 2.24) is 20.0 Å². The number of amides is 1. The third-order valence-electron chi connectivity index (χ3n) is 3.90. The predicted molar refractivity (Wildman–Crippen MR) is 86.7 cm³/mol. The molecule has 0 saturated carbocycles. The molecule has 2 aromatic heterocycles. The first-order chi connectivity index (χ1) is 11.7. The molecule has 8 nitrogen and oxygen atoms in total. The Bertz CT molecular complexity index is 703. The summed E-state index contributed by atoms with van der Waals surface area (Å²) in [4.78, 5) is 22.9. The van der Waals surface area contributed by atoms with Crippen LogP contribution < -0.4 is 5.32 Å². The fourth-order valence-corrected chi connectivity index (χ4v) is 2.72. The van der Waals surface area contributed by atoms with Gasteiger partial charge in [-0.3, -0.25) is 9.78 Å². The van der Waals surface area contributed by atoms with Crippen LogP contribution in [0.4, 0.5) is 5.82 Å². The molecule has 24 heavy (non-hydrogen) atoms. The lowest BCUT2D eigenvalue weighted by Crippen LogP contribution is -2.42. The molecule has 1 atom stereocenters. The van der Waals surface area contributed by atoms with Crippen molar-refractivity contribution in [3.63, 3.8) is 0 Å². The van der Waals surface area contributed by atoms with E-state index in [0.717, 1.165) is 18.6 Å². The highest BCUT2D eigenvalue weighted by Crippen LogP contribution is 2.25. The van der Waals surface area contributed by atoms with E-state index in [1.54, 1.807) is 30.4 Å². The molecule has 1 aliphatic rings. The zero-order valence-corrected chi connectivity index (χ0v) is 13.9. The van der Waals surface area contributed by atoms with Gasteiger partial charge >= 0.3 is 0 Å². The largest absolute Gasteiger partial charge is 0.372 e. The average molecular weight is 331 g/mol. The quantitative estimate of drug-likeness (QED) is 0.890. The number of nitrogens with one attached hydrogen (secondary N) is 1. The number of morpholine rings is 1. The second-order valence-corrected chi connectivity index (χ2v) is 5.58. The minimum Gasteiger partial charge on any atom is -0.372 e. The molecule has 0 aliphatic carbocycles. The third-order valence-corrected chi connectivity index (χ3v) is 3.90. The van der Waals surface area contributed by atoms with Gasteiger partial charge in [0.1, 0.15) is 23.4 Å². The normalized spacial score (nSPS) is 17.8. The van der Waals surface area contributed by atoms with Crippen LogP contribution in [-0.4, -0.2) is 52.7 Å². The summed E-state index contributed by atoms with van der Waals surface area (Å²) in [5.41, 5.74) is 1.04. The number of rotatable bonds is 5. The molecule has 128 valence electrons. The zero-order chi connectivity index (χ0) is 16.9. The van der Waals surface area contributed by atoms with Crippen LogP contribution in [0.3, 0.4) is 0 Å². The maximum atomic E-state index is 12.6. The number of hydrogen-bond acceptors (Lipinski definition) is 7. The summed E-state index contributed by atoms with van der Waals surface area (Å²) in [6.45, 7) is 3.41. The highest BCUT2D eigenvalue weighted by molar-refractivity contribution is 5.92. The fourth-order valence-electron chi connectivity index (χ4n) is 2.72. The van der Waals surface area contributed by atoms with Crippen molar-refractivity contribution in [3.05, 3.63) is 35.6 Å². The van der Waals surface area contributed by atoms with Gasteiger partial charge in [0.25, 0.3) is 5.91 Å². The summed E-state index contributed by atoms with van der Waals surface area (Å²) in [5, 5.41) is 6.90. The number of anilines is 1. The Hall–Kier alpha value is -2.48. The monoisotopic (exact) mass is 331 g/mol. The Morgan fingerprint density at radius 2 is 2.25 bits per heavy atom. The van der Waals surface area contributed by atoms with Gasteiger partial charge < -0.3 is 19.5 Å². The highest BCUT2D eigenvalue weighted by atomic mass is 16.5. The van der Waals surface area contributed by atoms with Crippen molar-refractivity contribution >= 4 is 11.7 Å². The smallest absolute Gasteiger partial charge is 0.276 e. The predicted octanol–water partition coefficient (Wildman–Crippen LogP) is 1.67. The summed E-state index contributed by atoms with van der Waals surface area (Å²) >= 11 is 0. The highest BCUT2D eigenvalue weighted by Gasteiger charge is 2.30. The lowest BCUT2D eigenvalue weighted by atomic mass is 10.1. The maximum absolute atomic E-state index is 12.6. The van der Waals surface area contributed by atoms with Crippen molar-refractivity contribution in [1.29, 1.82) is 0 Å². The summed E-state index contributed by atoms with van der Waals surface area (Å²) in [6.07, 6.45) is 4.64. The summed E-state index contributed by atoms with van der Waals surface area (Å²) in [6, 6.07) is 1.72. The molecule has 3 heterocycles. The molecular formula is C16H21N5O3. The fraction of sp³-hybridized carbons (Fsp3) is 0.500. The molecule has 0 bridgehead atoms. The van der Waals surface area contributed by atoms with Gasteiger partial charge in [0, 0.05) is 38.5 Å². The summed E-state index contributed by atoms with van der Waals surface area (Å²) in [7, 11) is 1.78. The first-order valence-electron chi connectivity index (χ1n) is 8.08. The third kappa shape index (κ3) is 3.38. The Labute approximate surface area is 140 Å². The van der Waals surface area contributed by atoms with Gasteiger partial charge in [0.15, 0.2) is 5.69 Å². The molecule has 1 aliphatic heterocycles. The maximum Gasteiger partial charge on any atom is 0.276 e. The van der Waals surface area contributed by atoms with E-state index < -0.39 is 0 Å². The van der Waals surface area contributed by atoms with Crippen molar-refractivity contribution in [2.75, 3.05) is 32.1 Å². The number of ether oxygens (including phenoxy) is 1. The van der Waals surface area contributed by atoms with Gasteiger partial charge in [0.05, 0.1) is 13.2 Å². The molecule has 8 heteroatoms. The van der Waals surface area contributed by atoms with E-state index >= 15 is 0 Å². The number of nitrogens with zero attached hydrogens (tertiary/aromatic N) is 4. The SMILES string of the molecule is CCCc1cc(C(=O)N2CCO[C@H](c3nccnc3NC)C2)no1. The van der Waals surface area contributed by atoms with Crippen molar-refractivity contribution in [2.24, 2.45) is 0 Å². The molecule has 0 unspecified atom stereocenters. The van der Waals surface area contributed by atoms with Crippen molar-refractivity contribution in [2.45, 2.75) is 25.9 Å². The van der Waals surface area contributed by atoms with Crippen LogP contribution in [0, 0.1) is 0 Å². The van der Waals surface area contributed by atoms with E-state index in [-0.39, 0.29) is 12.0 Å². The number of aryl methyl sites for hydroxylation is 1. The lowest BCUT2D eigenvalue weighted by Gasteiger charge is -2.32. The van der Waals surface area contributed by atoms with Gasteiger partial charge in [0.2, 0.25) is 0 Å². The number of hydrogen-bond donors (Lipinski definition) is 1. The number of aromatic nitrogens is 3. The Morgan fingerprint density at radius 3 is 3.04 bits per heavy atom. The summed E-state index contributed by atoms with van der Waals surface area (Å²) < 4.78 is 11.0. The molecular weight excluding hydrogens is 310 g/mol. The molecule has 1 saturated heterocycles. The molecule has 0 aromatic carbocycles. The molecule has 1 fully saturated rings. The van der Waals surface area contributed by atoms with Crippen LogP contribution in [0.15, 0.2) is 23.0 Å². The Balaban J connectivity index is 1.73. The number of carbonyl (C=O) groups excluding carboxylic acids is 1. The minimum atomic E-state index is -0.319. The number of carbonyl (C=O) groups is 1. The van der Waals surface area contributed by atoms with Crippen LogP contribution in [0.5, 0.6) is 0 Å². The van der Waals surface area contributed by atoms with Gasteiger partial charge in [-0.05, 0) is 6.42 Å². The molecule has 1 amide bonds. The first kappa shape index (κ1) is 16.4. The second-order valence-electron chi connectivity index (χ2n) is 5.58. The van der Waals surface area contributed by atoms with Crippen LogP contribution in [0.2, 0.25) is 0 Å². The summed E-state index contributed by atoms with van der Waals surface area (Å²) in [5.74, 6) is 1.24. The van der Waals surface area contributed by atoms with Gasteiger partial charge in [-0.25, -0.2) is 4.98 Å². The van der Waals surface area contributed by atoms with Crippen LogP contribution >= 0.6 is 0 Å². The molecule has 0 spiro atoms. The van der Waals surface area contributed by atoms with Crippen LogP contribution in [-0.2, 0) is 11.2 Å². The minimum absolute atomic E-state index is 0.149. The lowest BCUT2D eigenvalue weighted by molar-refractivity contribution is -0.0248. The zero-order valence-electron chi connectivity index (χ0n) is 13.9. The second kappa shape index (κ2) is 7.39. The molecule has 0 radical (unpaired) electrons. The van der Waals surface area contributed by atoms with E-state index in [9.17, 15) is 4.79 Å². The van der Waals surface area contributed by atoms with Crippen molar-refractivity contribution < 1.29 is 14.1 Å². The van der Waals surface area contributed by atoms with Gasteiger partial charge in [-0.2, -0.15) is 0 Å². The molecule has 1 N–H and O–H groups in total. The van der Waals surface area contributed by atoms with E-state index in [1.807, 2.05) is 0 Å². The molecule has 3 rings (SSSR count). The van der Waals surface area contributed by atoms with E-state index in [4.69, 9.17) is 9.26 Å². The van der Waals surface area contributed by atoms with Crippen molar-refractivity contribution in [3.8, 4) is 0 Å². The van der Waals surface area contributed by atoms with E-state index in [2.05, 4.69) is 27.4 Å². The Kier molecular flexibility index (Phi) is 5.05. The standard InChI is InChI=1S/C16H21N5O3/c1-3-4-11-9-12(20-24-11)16(22)21-7-8-23-13(10-21)14-15(17-2)19-6-5-18-14/h5-6,9,13H,3-4,7-8,10H2,1-2H3,(H,17,19)/t13-/m0/s1. The van der Waals surface area contributed by atoms with E-state index in [0.29, 0.717) is 36.9 Å².